The minimum absolute atomic E-state index is 0.0216. The fourth-order valence-corrected chi connectivity index (χ4v) is 6.38. The molecule has 2 heterocycles. The van der Waals surface area contributed by atoms with Gasteiger partial charge in [0.1, 0.15) is 0 Å². The third-order valence-electron chi connectivity index (χ3n) is 8.40. The molecule has 0 unspecified atom stereocenters. The molecule has 0 aromatic heterocycles. The van der Waals surface area contributed by atoms with Gasteiger partial charge in [-0.1, -0.05) is 55.5 Å². The highest BCUT2D eigenvalue weighted by molar-refractivity contribution is 6.30. The van der Waals surface area contributed by atoms with Crippen LogP contribution in [-0.2, 0) is 16.0 Å². The van der Waals surface area contributed by atoms with Gasteiger partial charge in [-0.05, 0) is 79.6 Å². The molecule has 1 saturated heterocycles. The van der Waals surface area contributed by atoms with Crippen molar-refractivity contribution in [2.75, 3.05) is 36.0 Å². The number of fused-ring (bicyclic) bond motifs is 1. The lowest BCUT2D eigenvalue weighted by atomic mass is 9.99. The summed E-state index contributed by atoms with van der Waals surface area (Å²) in [5.74, 6) is 0.933. The normalized spacial score (nSPS) is 19.0. The molecule has 0 atom stereocenters. The van der Waals surface area contributed by atoms with E-state index in [1.54, 1.807) is 13.0 Å². The molecule has 0 radical (unpaired) electrons. The molecule has 1 saturated carbocycles. The number of anilines is 2. The van der Waals surface area contributed by atoms with Crippen molar-refractivity contribution in [3.63, 3.8) is 0 Å². The number of piperidine rings is 1. The molecule has 3 aliphatic rings. The maximum Gasteiger partial charge on any atom is 0.251 e. The molecule has 2 amide bonds. The van der Waals surface area contributed by atoms with Crippen molar-refractivity contribution in [3.8, 4) is 0 Å². The average molecular weight is 520 g/mol. The van der Waals surface area contributed by atoms with Crippen molar-refractivity contribution in [1.82, 2.24) is 4.90 Å². The quantitative estimate of drug-likeness (QED) is 0.401. The Labute approximate surface area is 226 Å². The van der Waals surface area contributed by atoms with Crippen LogP contribution < -0.4 is 9.80 Å². The number of benzene rings is 2. The second-order valence-electron chi connectivity index (χ2n) is 10.8. The number of hydrogen-bond donors (Lipinski definition) is 0. The second kappa shape index (κ2) is 11.8. The van der Waals surface area contributed by atoms with E-state index in [1.165, 1.54) is 44.2 Å². The average Bonchev–Trinajstić information content (AvgIpc) is 3.58. The Bertz CT molecular complexity index is 1130. The van der Waals surface area contributed by atoms with E-state index in [2.05, 4.69) is 17.0 Å². The van der Waals surface area contributed by atoms with E-state index in [-0.39, 0.29) is 17.9 Å². The van der Waals surface area contributed by atoms with Crippen LogP contribution in [0.2, 0.25) is 5.02 Å². The molecule has 2 aromatic rings. The van der Waals surface area contributed by atoms with E-state index in [0.29, 0.717) is 11.6 Å². The van der Waals surface area contributed by atoms with Crippen molar-refractivity contribution >= 4 is 40.9 Å². The van der Waals surface area contributed by atoms with E-state index >= 15 is 0 Å². The minimum atomic E-state index is -0.0216. The molecule has 2 aromatic carbocycles. The van der Waals surface area contributed by atoms with Gasteiger partial charge in [-0.2, -0.15) is 0 Å². The monoisotopic (exact) mass is 519 g/mol. The highest BCUT2D eigenvalue weighted by Gasteiger charge is 2.30. The Balaban J connectivity index is 1.34. The predicted molar refractivity (Wildman–Crippen MR) is 152 cm³/mol. The zero-order valence-corrected chi connectivity index (χ0v) is 22.6. The summed E-state index contributed by atoms with van der Waals surface area (Å²) in [4.78, 5) is 32.3. The zero-order valence-electron chi connectivity index (χ0n) is 21.9. The summed E-state index contributed by atoms with van der Waals surface area (Å²) in [6.45, 7) is 5.53. The summed E-state index contributed by atoms with van der Waals surface area (Å²) in [6, 6.07) is 13.8. The Hall–Kier alpha value is -2.63. The summed E-state index contributed by atoms with van der Waals surface area (Å²) in [5.41, 5.74) is 3.93. The lowest BCUT2D eigenvalue weighted by molar-refractivity contribution is -0.116. The first-order valence-electron chi connectivity index (χ1n) is 13.9. The van der Waals surface area contributed by atoms with Gasteiger partial charge in [0.2, 0.25) is 5.91 Å². The highest BCUT2D eigenvalue weighted by Crippen LogP contribution is 2.35. The maximum absolute atomic E-state index is 13.7. The first-order valence-corrected chi connectivity index (χ1v) is 14.3. The second-order valence-corrected chi connectivity index (χ2v) is 11.3. The van der Waals surface area contributed by atoms with E-state index in [9.17, 15) is 9.59 Å². The molecular formula is C31H38ClN3O2. The summed E-state index contributed by atoms with van der Waals surface area (Å²) in [5, 5.41) is 0.679. The number of carbonyl (C=O) groups is 2. The van der Waals surface area contributed by atoms with Gasteiger partial charge in [0.25, 0.3) is 5.91 Å². The van der Waals surface area contributed by atoms with Gasteiger partial charge in [-0.25, -0.2) is 0 Å². The zero-order chi connectivity index (χ0) is 25.8. The van der Waals surface area contributed by atoms with Crippen LogP contribution in [0.15, 0.2) is 48.5 Å². The van der Waals surface area contributed by atoms with Gasteiger partial charge in [-0.3, -0.25) is 9.59 Å². The SMILES string of the molecule is CC(=O)N1CCc2ccc(N(C(=O)C=Cc3ccc(Cl)cc3)C3CCN(CCC4CCCC4)CC3)cc21. The first kappa shape index (κ1) is 26.0. The topological polar surface area (TPSA) is 43.9 Å². The molecule has 196 valence electrons. The van der Waals surface area contributed by atoms with Gasteiger partial charge in [0.05, 0.1) is 0 Å². The number of halogens is 1. The number of hydrogen-bond acceptors (Lipinski definition) is 3. The molecule has 2 fully saturated rings. The number of amides is 2. The van der Waals surface area contributed by atoms with Crippen molar-refractivity contribution in [2.45, 2.75) is 64.3 Å². The van der Waals surface area contributed by atoms with Crippen LogP contribution in [-0.4, -0.2) is 48.9 Å². The Morgan fingerprint density at radius 2 is 1.73 bits per heavy atom. The summed E-state index contributed by atoms with van der Waals surface area (Å²) >= 11 is 6.03. The Kier molecular flexibility index (Phi) is 8.31. The van der Waals surface area contributed by atoms with Gasteiger partial charge in [0, 0.05) is 55.1 Å². The molecule has 0 bridgehead atoms. The minimum Gasteiger partial charge on any atom is -0.312 e. The van der Waals surface area contributed by atoms with Gasteiger partial charge >= 0.3 is 0 Å². The van der Waals surface area contributed by atoms with Crippen LogP contribution in [0, 0.1) is 5.92 Å². The molecular weight excluding hydrogens is 482 g/mol. The predicted octanol–water partition coefficient (Wildman–Crippen LogP) is 6.34. The van der Waals surface area contributed by atoms with Crippen molar-refractivity contribution in [3.05, 3.63) is 64.7 Å². The molecule has 5 rings (SSSR count). The largest absolute Gasteiger partial charge is 0.312 e. The number of rotatable bonds is 7. The molecule has 5 nitrogen and oxygen atoms in total. The smallest absolute Gasteiger partial charge is 0.251 e. The third kappa shape index (κ3) is 6.27. The van der Waals surface area contributed by atoms with Gasteiger partial charge < -0.3 is 14.7 Å². The summed E-state index contributed by atoms with van der Waals surface area (Å²) < 4.78 is 0. The fraction of sp³-hybridized carbons (Fsp3) is 0.484. The van der Waals surface area contributed by atoms with Crippen LogP contribution in [0.4, 0.5) is 11.4 Å². The van der Waals surface area contributed by atoms with Crippen LogP contribution in [0.1, 0.15) is 63.0 Å². The highest BCUT2D eigenvalue weighted by atomic mass is 35.5. The van der Waals surface area contributed by atoms with Gasteiger partial charge in [-0.15, -0.1) is 0 Å². The molecule has 0 N–H and O–H groups in total. The van der Waals surface area contributed by atoms with Crippen molar-refractivity contribution in [2.24, 2.45) is 5.92 Å². The fourth-order valence-electron chi connectivity index (χ4n) is 6.25. The summed E-state index contributed by atoms with van der Waals surface area (Å²) in [6.07, 6.45) is 13.2. The number of carbonyl (C=O) groups excluding carboxylic acids is 2. The molecule has 37 heavy (non-hydrogen) atoms. The molecule has 2 aliphatic heterocycles. The van der Waals surface area contributed by atoms with Crippen LogP contribution in [0.5, 0.6) is 0 Å². The lowest BCUT2D eigenvalue weighted by Gasteiger charge is -2.38. The van der Waals surface area contributed by atoms with E-state index < -0.39 is 0 Å². The molecule has 0 spiro atoms. The van der Waals surface area contributed by atoms with Crippen LogP contribution >= 0.6 is 11.6 Å². The number of nitrogens with zero attached hydrogens (tertiary/aromatic N) is 3. The van der Waals surface area contributed by atoms with Crippen LogP contribution in [0.25, 0.3) is 6.08 Å². The lowest BCUT2D eigenvalue weighted by Crippen LogP contribution is -2.47. The third-order valence-corrected chi connectivity index (χ3v) is 8.65. The van der Waals surface area contributed by atoms with Crippen molar-refractivity contribution in [1.29, 1.82) is 0 Å². The van der Waals surface area contributed by atoms with Crippen LogP contribution in [0.3, 0.4) is 0 Å². The number of likely N-dealkylation sites (tertiary alicyclic amines) is 1. The Morgan fingerprint density at radius 1 is 1.00 bits per heavy atom. The maximum atomic E-state index is 13.7. The van der Waals surface area contributed by atoms with E-state index in [1.807, 2.05) is 46.2 Å². The van der Waals surface area contributed by atoms with Crippen molar-refractivity contribution < 1.29 is 9.59 Å². The summed E-state index contributed by atoms with van der Waals surface area (Å²) in [7, 11) is 0. The van der Waals surface area contributed by atoms with Gasteiger partial charge in [0.15, 0.2) is 0 Å². The molecule has 6 heteroatoms. The molecule has 1 aliphatic carbocycles. The van der Waals surface area contributed by atoms with E-state index in [0.717, 1.165) is 55.2 Å². The standard InChI is InChI=1S/C31H38ClN3O2/c1-23(36)34-21-15-26-9-12-29(22-30(26)34)35(31(37)13-8-25-6-10-27(32)11-7-25)28-16-19-33(20-17-28)18-14-24-4-2-3-5-24/h6-13,22,24,28H,2-5,14-21H2,1H3. The van der Waals surface area contributed by atoms with E-state index in [4.69, 9.17) is 11.6 Å². The first-order chi connectivity index (χ1) is 18.0. The Morgan fingerprint density at radius 3 is 2.43 bits per heavy atom.